The molecule has 1 saturated heterocycles. The van der Waals surface area contributed by atoms with Crippen molar-refractivity contribution in [2.45, 2.75) is 24.7 Å². The molecule has 1 amide bonds. The molecule has 1 aliphatic rings. The fourth-order valence-corrected chi connectivity index (χ4v) is 3.35. The summed E-state index contributed by atoms with van der Waals surface area (Å²) in [6.45, 7) is 3.37. The number of ether oxygens (including phenoxy) is 1. The third-order valence-corrected chi connectivity index (χ3v) is 4.82. The van der Waals surface area contributed by atoms with Gasteiger partial charge in [-0.15, -0.1) is 11.8 Å². The summed E-state index contributed by atoms with van der Waals surface area (Å²) < 4.78 is 5.06. The van der Waals surface area contributed by atoms with Gasteiger partial charge in [0.15, 0.2) is 0 Å². The topological polar surface area (TPSA) is 46.6 Å². The lowest BCUT2D eigenvalue weighted by Gasteiger charge is -2.31. The molecule has 1 heterocycles. The summed E-state index contributed by atoms with van der Waals surface area (Å²) in [6, 6.07) is 7.42. The van der Waals surface area contributed by atoms with Gasteiger partial charge in [-0.2, -0.15) is 0 Å². The number of esters is 1. The molecule has 0 spiro atoms. The Balaban J connectivity index is 1.83. The number of likely N-dealkylation sites (tertiary alicyclic amines) is 1. The maximum absolute atomic E-state index is 12.3. The van der Waals surface area contributed by atoms with Gasteiger partial charge in [0, 0.05) is 23.0 Å². The second-order valence-electron chi connectivity index (χ2n) is 5.17. The fraction of sp³-hybridized carbons (Fsp3) is 0.500. The van der Waals surface area contributed by atoms with Gasteiger partial charge in [0.2, 0.25) is 5.91 Å². The van der Waals surface area contributed by atoms with Gasteiger partial charge in [0.25, 0.3) is 0 Å². The Labute approximate surface area is 140 Å². The summed E-state index contributed by atoms with van der Waals surface area (Å²) in [5.41, 5.74) is 0. The minimum Gasteiger partial charge on any atom is -0.466 e. The number of halogens is 1. The van der Waals surface area contributed by atoms with Crippen LogP contribution in [0.5, 0.6) is 0 Å². The van der Waals surface area contributed by atoms with Gasteiger partial charge in [-0.1, -0.05) is 11.6 Å². The van der Waals surface area contributed by atoms with Crippen molar-refractivity contribution in [3.05, 3.63) is 29.3 Å². The van der Waals surface area contributed by atoms with Gasteiger partial charge in [0.05, 0.1) is 18.3 Å². The lowest BCUT2D eigenvalue weighted by molar-refractivity contribution is -0.151. The molecule has 0 aromatic heterocycles. The average Bonchev–Trinajstić information content (AvgIpc) is 2.54. The van der Waals surface area contributed by atoms with Gasteiger partial charge >= 0.3 is 5.97 Å². The molecule has 1 aromatic carbocycles. The Morgan fingerprint density at radius 3 is 2.77 bits per heavy atom. The molecule has 6 heteroatoms. The third-order valence-electron chi connectivity index (χ3n) is 3.57. The van der Waals surface area contributed by atoms with Crippen molar-refractivity contribution in [1.82, 2.24) is 4.90 Å². The van der Waals surface area contributed by atoms with E-state index in [2.05, 4.69) is 0 Å². The summed E-state index contributed by atoms with van der Waals surface area (Å²) in [5.74, 6) is 0.0643. The predicted molar refractivity (Wildman–Crippen MR) is 88.1 cm³/mol. The minimum absolute atomic E-state index is 0.0638. The zero-order chi connectivity index (χ0) is 15.9. The molecule has 22 heavy (non-hydrogen) atoms. The Morgan fingerprint density at radius 2 is 2.09 bits per heavy atom. The molecule has 1 fully saturated rings. The predicted octanol–water partition coefficient (Wildman–Crippen LogP) is 3.23. The van der Waals surface area contributed by atoms with Crippen molar-refractivity contribution in [3.8, 4) is 0 Å². The van der Waals surface area contributed by atoms with E-state index in [1.165, 1.54) is 11.8 Å². The first-order chi connectivity index (χ1) is 10.6. The van der Waals surface area contributed by atoms with E-state index < -0.39 is 0 Å². The quantitative estimate of drug-likeness (QED) is 0.609. The standard InChI is InChI=1S/C16H20ClNO3S/c1-2-21-16(20)12-4-3-9-18(10-12)15(19)11-22-14-7-5-13(17)6-8-14/h5-8,12H,2-4,9-11H2,1H3/t12-/m1/s1. The zero-order valence-corrected chi connectivity index (χ0v) is 14.2. The number of benzene rings is 1. The summed E-state index contributed by atoms with van der Waals surface area (Å²) in [7, 11) is 0. The van der Waals surface area contributed by atoms with Crippen LogP contribution in [0.15, 0.2) is 29.2 Å². The number of amides is 1. The van der Waals surface area contributed by atoms with Crippen molar-refractivity contribution >= 4 is 35.2 Å². The number of rotatable bonds is 5. The largest absolute Gasteiger partial charge is 0.466 e. The van der Waals surface area contributed by atoms with E-state index in [0.29, 0.717) is 23.9 Å². The van der Waals surface area contributed by atoms with Crippen molar-refractivity contribution in [3.63, 3.8) is 0 Å². The number of carbonyl (C=O) groups excluding carboxylic acids is 2. The lowest BCUT2D eigenvalue weighted by atomic mass is 9.98. The highest BCUT2D eigenvalue weighted by Crippen LogP contribution is 2.23. The highest BCUT2D eigenvalue weighted by Gasteiger charge is 2.29. The highest BCUT2D eigenvalue weighted by molar-refractivity contribution is 8.00. The van der Waals surface area contributed by atoms with Gasteiger partial charge in [-0.3, -0.25) is 9.59 Å². The van der Waals surface area contributed by atoms with E-state index in [9.17, 15) is 9.59 Å². The van der Waals surface area contributed by atoms with Gasteiger partial charge in [0.1, 0.15) is 0 Å². The minimum atomic E-state index is -0.189. The molecule has 0 radical (unpaired) electrons. The first-order valence-corrected chi connectivity index (χ1v) is 8.79. The average molecular weight is 342 g/mol. The van der Waals surface area contributed by atoms with E-state index in [-0.39, 0.29) is 17.8 Å². The molecule has 1 atom stereocenters. The van der Waals surface area contributed by atoms with Crippen molar-refractivity contribution in [2.24, 2.45) is 5.92 Å². The Bertz CT molecular complexity index is 521. The molecule has 1 aliphatic heterocycles. The highest BCUT2D eigenvalue weighted by atomic mass is 35.5. The second-order valence-corrected chi connectivity index (χ2v) is 6.66. The first kappa shape index (κ1) is 17.2. The molecular formula is C16H20ClNO3S. The van der Waals surface area contributed by atoms with E-state index in [4.69, 9.17) is 16.3 Å². The summed E-state index contributed by atoms with van der Waals surface area (Å²) in [6.07, 6.45) is 1.65. The molecule has 0 unspecified atom stereocenters. The number of hydrogen-bond acceptors (Lipinski definition) is 4. The first-order valence-electron chi connectivity index (χ1n) is 7.43. The van der Waals surface area contributed by atoms with Crippen LogP contribution in [0.25, 0.3) is 0 Å². The lowest BCUT2D eigenvalue weighted by Crippen LogP contribution is -2.43. The Kier molecular flexibility index (Phi) is 6.58. The van der Waals surface area contributed by atoms with Crippen LogP contribution in [-0.2, 0) is 14.3 Å². The van der Waals surface area contributed by atoms with Crippen LogP contribution in [0, 0.1) is 5.92 Å². The van der Waals surface area contributed by atoms with Gasteiger partial charge in [-0.25, -0.2) is 0 Å². The Morgan fingerprint density at radius 1 is 1.36 bits per heavy atom. The van der Waals surface area contributed by atoms with E-state index >= 15 is 0 Å². The van der Waals surface area contributed by atoms with Crippen molar-refractivity contribution < 1.29 is 14.3 Å². The zero-order valence-electron chi connectivity index (χ0n) is 12.6. The Hall–Kier alpha value is -1.20. The molecule has 4 nitrogen and oxygen atoms in total. The summed E-state index contributed by atoms with van der Waals surface area (Å²) >= 11 is 7.32. The van der Waals surface area contributed by atoms with Crippen LogP contribution < -0.4 is 0 Å². The number of nitrogens with zero attached hydrogens (tertiary/aromatic N) is 1. The second kappa shape index (κ2) is 8.44. The van der Waals surface area contributed by atoms with E-state index in [0.717, 1.165) is 24.3 Å². The molecule has 0 N–H and O–H groups in total. The number of thioether (sulfide) groups is 1. The molecule has 0 aliphatic carbocycles. The van der Waals surface area contributed by atoms with Crippen LogP contribution in [0.1, 0.15) is 19.8 Å². The fourth-order valence-electron chi connectivity index (χ4n) is 2.42. The van der Waals surface area contributed by atoms with Crippen LogP contribution in [0.2, 0.25) is 5.02 Å². The van der Waals surface area contributed by atoms with E-state index in [1.54, 1.807) is 11.8 Å². The summed E-state index contributed by atoms with van der Waals surface area (Å²) in [4.78, 5) is 26.9. The van der Waals surface area contributed by atoms with Gasteiger partial charge < -0.3 is 9.64 Å². The maximum Gasteiger partial charge on any atom is 0.310 e. The third kappa shape index (κ3) is 4.92. The van der Waals surface area contributed by atoms with Crippen LogP contribution >= 0.6 is 23.4 Å². The molecule has 0 saturated carbocycles. The monoisotopic (exact) mass is 341 g/mol. The molecule has 120 valence electrons. The summed E-state index contributed by atoms with van der Waals surface area (Å²) in [5, 5.41) is 0.684. The molecule has 1 aromatic rings. The number of carbonyl (C=O) groups is 2. The van der Waals surface area contributed by atoms with Gasteiger partial charge in [-0.05, 0) is 44.0 Å². The van der Waals surface area contributed by atoms with Crippen molar-refractivity contribution in [2.75, 3.05) is 25.4 Å². The number of piperidine rings is 1. The normalized spacial score (nSPS) is 18.1. The SMILES string of the molecule is CCOC(=O)[C@@H]1CCCN(C(=O)CSc2ccc(Cl)cc2)C1. The van der Waals surface area contributed by atoms with Crippen LogP contribution in [0.4, 0.5) is 0 Å². The van der Waals surface area contributed by atoms with E-state index in [1.807, 2.05) is 24.3 Å². The van der Waals surface area contributed by atoms with Crippen LogP contribution in [-0.4, -0.2) is 42.2 Å². The van der Waals surface area contributed by atoms with Crippen LogP contribution in [0.3, 0.4) is 0 Å². The maximum atomic E-state index is 12.3. The number of hydrogen-bond donors (Lipinski definition) is 0. The van der Waals surface area contributed by atoms with Crippen molar-refractivity contribution in [1.29, 1.82) is 0 Å². The molecule has 0 bridgehead atoms. The molecule has 2 rings (SSSR count). The molecular weight excluding hydrogens is 322 g/mol. The smallest absolute Gasteiger partial charge is 0.310 e.